The van der Waals surface area contributed by atoms with Gasteiger partial charge in [0.25, 0.3) is 0 Å². The summed E-state index contributed by atoms with van der Waals surface area (Å²) in [4.78, 5) is 28.2. The Morgan fingerprint density at radius 3 is 2.74 bits per heavy atom. The zero-order chi connectivity index (χ0) is 14.4. The first-order valence-electron chi connectivity index (χ1n) is 5.78. The number of amides is 2. The molecule has 0 fully saturated rings. The third-order valence-electron chi connectivity index (χ3n) is 2.30. The van der Waals surface area contributed by atoms with Crippen molar-refractivity contribution in [2.75, 3.05) is 27.2 Å². The molecule has 7 nitrogen and oxygen atoms in total. The van der Waals surface area contributed by atoms with Crippen molar-refractivity contribution in [2.24, 2.45) is 0 Å². The fourth-order valence-electron chi connectivity index (χ4n) is 1.29. The number of urea groups is 1. The van der Waals surface area contributed by atoms with Gasteiger partial charge in [0.1, 0.15) is 5.01 Å². The fourth-order valence-corrected chi connectivity index (χ4v) is 2.09. The minimum atomic E-state index is -1.06. The van der Waals surface area contributed by atoms with Crippen molar-refractivity contribution < 1.29 is 14.7 Å². The van der Waals surface area contributed by atoms with Crippen molar-refractivity contribution in [3.05, 3.63) is 16.1 Å². The van der Waals surface area contributed by atoms with E-state index in [1.54, 1.807) is 6.92 Å². The van der Waals surface area contributed by atoms with Crippen LogP contribution in [-0.4, -0.2) is 54.2 Å². The van der Waals surface area contributed by atoms with E-state index >= 15 is 0 Å². The largest absolute Gasteiger partial charge is 0.476 e. The van der Waals surface area contributed by atoms with Gasteiger partial charge in [0, 0.05) is 18.5 Å². The minimum Gasteiger partial charge on any atom is -0.476 e. The SMILES string of the molecule is CC(NC(=O)NCCN(C)C)c1nc(C(=O)O)cs1. The van der Waals surface area contributed by atoms with Gasteiger partial charge in [-0.25, -0.2) is 14.6 Å². The van der Waals surface area contributed by atoms with Gasteiger partial charge in [0.05, 0.1) is 6.04 Å². The predicted octanol–water partition coefficient (Wildman–Crippen LogP) is 0.763. The number of carbonyl (C=O) groups is 2. The summed E-state index contributed by atoms with van der Waals surface area (Å²) in [7, 11) is 3.84. The molecule has 1 atom stereocenters. The van der Waals surface area contributed by atoms with E-state index in [-0.39, 0.29) is 17.8 Å². The number of nitrogens with zero attached hydrogens (tertiary/aromatic N) is 2. The molecule has 1 rings (SSSR count). The molecule has 0 saturated carbocycles. The van der Waals surface area contributed by atoms with Crippen molar-refractivity contribution >= 4 is 23.3 Å². The molecule has 8 heteroatoms. The van der Waals surface area contributed by atoms with E-state index in [0.717, 1.165) is 6.54 Å². The Labute approximate surface area is 115 Å². The number of aromatic carboxylic acids is 1. The van der Waals surface area contributed by atoms with E-state index in [1.165, 1.54) is 16.7 Å². The van der Waals surface area contributed by atoms with Crippen LogP contribution in [-0.2, 0) is 0 Å². The Morgan fingerprint density at radius 1 is 1.53 bits per heavy atom. The lowest BCUT2D eigenvalue weighted by Gasteiger charge is -2.14. The van der Waals surface area contributed by atoms with Gasteiger partial charge in [-0.15, -0.1) is 11.3 Å². The number of nitrogens with one attached hydrogen (secondary N) is 2. The Bertz CT molecular complexity index is 447. The Balaban J connectivity index is 2.42. The summed E-state index contributed by atoms with van der Waals surface area (Å²) >= 11 is 1.21. The first-order chi connectivity index (χ1) is 8.90. The maximum absolute atomic E-state index is 11.6. The molecule has 1 unspecified atom stereocenters. The average Bonchev–Trinajstić information content (AvgIpc) is 2.77. The lowest BCUT2D eigenvalue weighted by Crippen LogP contribution is -2.40. The van der Waals surface area contributed by atoms with Crippen molar-refractivity contribution in [3.63, 3.8) is 0 Å². The zero-order valence-corrected chi connectivity index (χ0v) is 12.0. The molecule has 0 aliphatic rings. The third kappa shape index (κ3) is 5.23. The summed E-state index contributed by atoms with van der Waals surface area (Å²) in [5.41, 5.74) is 0.00154. The Morgan fingerprint density at radius 2 is 2.21 bits per heavy atom. The summed E-state index contributed by atoms with van der Waals surface area (Å²) in [6.45, 7) is 3.06. The monoisotopic (exact) mass is 286 g/mol. The van der Waals surface area contributed by atoms with Gasteiger partial charge in [-0.1, -0.05) is 0 Å². The molecule has 2 amide bonds. The zero-order valence-electron chi connectivity index (χ0n) is 11.1. The van der Waals surface area contributed by atoms with E-state index in [9.17, 15) is 9.59 Å². The summed E-state index contributed by atoms with van der Waals surface area (Å²) in [5.74, 6) is -1.06. The van der Waals surface area contributed by atoms with Gasteiger partial charge in [-0.05, 0) is 21.0 Å². The van der Waals surface area contributed by atoms with E-state index in [0.29, 0.717) is 11.6 Å². The van der Waals surface area contributed by atoms with E-state index in [4.69, 9.17) is 5.11 Å². The summed E-state index contributed by atoms with van der Waals surface area (Å²) < 4.78 is 0. The first kappa shape index (κ1) is 15.4. The van der Waals surface area contributed by atoms with E-state index in [1.807, 2.05) is 19.0 Å². The smallest absolute Gasteiger partial charge is 0.355 e. The molecule has 3 N–H and O–H groups in total. The molecule has 1 heterocycles. The number of hydrogen-bond acceptors (Lipinski definition) is 5. The molecule has 1 aromatic heterocycles. The second kappa shape index (κ2) is 7.05. The van der Waals surface area contributed by atoms with Gasteiger partial charge in [0.2, 0.25) is 0 Å². The standard InChI is InChI=1S/C11H18N4O3S/c1-7(9-14-8(6-19-9)10(16)17)13-11(18)12-4-5-15(2)3/h6-7H,4-5H2,1-3H3,(H,16,17)(H2,12,13,18). The van der Waals surface area contributed by atoms with E-state index < -0.39 is 5.97 Å². The molecule has 0 aromatic carbocycles. The quantitative estimate of drug-likeness (QED) is 0.718. The highest BCUT2D eigenvalue weighted by atomic mass is 32.1. The van der Waals surface area contributed by atoms with Crippen LogP contribution in [0.4, 0.5) is 4.79 Å². The van der Waals surface area contributed by atoms with Crippen LogP contribution in [0.1, 0.15) is 28.5 Å². The van der Waals surface area contributed by atoms with Crippen molar-refractivity contribution in [1.82, 2.24) is 20.5 Å². The second-order valence-electron chi connectivity index (χ2n) is 4.30. The van der Waals surface area contributed by atoms with Gasteiger partial charge in [0.15, 0.2) is 5.69 Å². The number of likely N-dealkylation sites (N-methyl/N-ethyl adjacent to an activating group) is 1. The molecule has 0 aliphatic carbocycles. The van der Waals surface area contributed by atoms with Gasteiger partial charge in [-0.3, -0.25) is 0 Å². The van der Waals surface area contributed by atoms with Crippen LogP contribution in [0.15, 0.2) is 5.38 Å². The molecule has 1 aromatic rings. The summed E-state index contributed by atoms with van der Waals surface area (Å²) in [5, 5.41) is 16.2. The Kier molecular flexibility index (Phi) is 5.71. The normalized spacial score (nSPS) is 12.2. The summed E-state index contributed by atoms with van der Waals surface area (Å²) in [6.07, 6.45) is 0. The Hall–Kier alpha value is -1.67. The number of carboxylic acids is 1. The molecular weight excluding hydrogens is 268 g/mol. The van der Waals surface area contributed by atoms with Gasteiger partial charge >= 0.3 is 12.0 Å². The van der Waals surface area contributed by atoms with Crippen molar-refractivity contribution in [1.29, 1.82) is 0 Å². The molecule has 0 bridgehead atoms. The van der Waals surface area contributed by atoms with Crippen LogP contribution in [0.5, 0.6) is 0 Å². The number of carboxylic acid groups (broad SMARTS) is 1. The fraction of sp³-hybridized carbons (Fsp3) is 0.545. The second-order valence-corrected chi connectivity index (χ2v) is 5.19. The molecule has 0 aliphatic heterocycles. The molecule has 0 saturated heterocycles. The first-order valence-corrected chi connectivity index (χ1v) is 6.66. The summed E-state index contributed by atoms with van der Waals surface area (Å²) in [6, 6.07) is -0.612. The number of aromatic nitrogens is 1. The molecular formula is C11H18N4O3S. The minimum absolute atomic E-state index is 0.00154. The number of rotatable bonds is 6. The van der Waals surface area contributed by atoms with E-state index in [2.05, 4.69) is 15.6 Å². The molecule has 19 heavy (non-hydrogen) atoms. The topological polar surface area (TPSA) is 94.6 Å². The number of hydrogen-bond donors (Lipinski definition) is 3. The maximum Gasteiger partial charge on any atom is 0.355 e. The van der Waals surface area contributed by atoms with Crippen molar-refractivity contribution in [2.45, 2.75) is 13.0 Å². The average molecular weight is 286 g/mol. The van der Waals surface area contributed by atoms with Gasteiger partial charge < -0.3 is 20.6 Å². The number of thiazole rings is 1. The molecule has 0 radical (unpaired) electrons. The number of carbonyl (C=O) groups excluding carboxylic acids is 1. The van der Waals surface area contributed by atoms with Crippen LogP contribution in [0.2, 0.25) is 0 Å². The van der Waals surface area contributed by atoms with Crippen LogP contribution in [0.3, 0.4) is 0 Å². The highest BCUT2D eigenvalue weighted by Crippen LogP contribution is 2.17. The highest BCUT2D eigenvalue weighted by Gasteiger charge is 2.15. The van der Waals surface area contributed by atoms with Gasteiger partial charge in [-0.2, -0.15) is 0 Å². The third-order valence-corrected chi connectivity index (χ3v) is 3.33. The molecule has 0 spiro atoms. The molecule has 106 valence electrons. The van der Waals surface area contributed by atoms with Crippen LogP contribution < -0.4 is 10.6 Å². The lowest BCUT2D eigenvalue weighted by atomic mass is 10.3. The maximum atomic E-state index is 11.6. The van der Waals surface area contributed by atoms with Crippen LogP contribution >= 0.6 is 11.3 Å². The van der Waals surface area contributed by atoms with Crippen molar-refractivity contribution in [3.8, 4) is 0 Å². The van der Waals surface area contributed by atoms with Crippen LogP contribution in [0.25, 0.3) is 0 Å². The predicted molar refractivity (Wildman–Crippen MR) is 72.6 cm³/mol. The lowest BCUT2D eigenvalue weighted by molar-refractivity contribution is 0.0691. The van der Waals surface area contributed by atoms with Crippen LogP contribution in [0, 0.1) is 0 Å². The highest BCUT2D eigenvalue weighted by molar-refractivity contribution is 7.09.